The monoisotopic (exact) mass is 432 g/mol. The average molecular weight is 433 g/mol. The van der Waals surface area contributed by atoms with Crippen LogP contribution in [-0.2, 0) is 4.79 Å². The highest BCUT2D eigenvalue weighted by molar-refractivity contribution is 5.94. The second-order valence-electron chi connectivity index (χ2n) is 7.96. The van der Waals surface area contributed by atoms with Crippen LogP contribution in [0.25, 0.3) is 11.3 Å². The quantitative estimate of drug-likeness (QED) is 0.625. The van der Waals surface area contributed by atoms with Crippen molar-refractivity contribution in [3.05, 3.63) is 60.2 Å². The Labute approximate surface area is 188 Å². The molecule has 2 aromatic carbocycles. The number of ether oxygens (including phenoxy) is 2. The minimum absolute atomic E-state index is 0.00259. The van der Waals surface area contributed by atoms with Crippen LogP contribution in [0, 0.1) is 12.8 Å². The summed E-state index contributed by atoms with van der Waals surface area (Å²) in [5.74, 6) is 2.06. The molecule has 1 N–H and O–H groups in total. The third-order valence-corrected chi connectivity index (χ3v) is 5.76. The lowest BCUT2D eigenvalue weighted by atomic mass is 9.97. The van der Waals surface area contributed by atoms with Gasteiger partial charge in [0.25, 0.3) is 0 Å². The Morgan fingerprint density at radius 3 is 2.59 bits per heavy atom. The summed E-state index contributed by atoms with van der Waals surface area (Å²) in [6.45, 7) is 3.44. The molecular weight excluding hydrogens is 404 g/mol. The van der Waals surface area contributed by atoms with Gasteiger partial charge in [0.1, 0.15) is 11.5 Å². The zero-order chi connectivity index (χ0) is 22.5. The average Bonchev–Trinajstić information content (AvgIpc) is 2.84. The molecule has 7 heteroatoms. The zero-order valence-electron chi connectivity index (χ0n) is 18.7. The lowest BCUT2D eigenvalue weighted by Crippen LogP contribution is -2.41. The number of carbonyl (C=O) groups is 1. The Balaban J connectivity index is 1.46. The first-order valence-electron chi connectivity index (χ1n) is 10.8. The fourth-order valence-electron chi connectivity index (χ4n) is 4.05. The maximum Gasteiger partial charge on any atom is 0.229 e. The van der Waals surface area contributed by atoms with Gasteiger partial charge in [-0.2, -0.15) is 0 Å². The van der Waals surface area contributed by atoms with Gasteiger partial charge in [-0.3, -0.25) is 4.79 Å². The predicted octanol–water partition coefficient (Wildman–Crippen LogP) is 4.32. The molecule has 1 fully saturated rings. The Morgan fingerprint density at radius 1 is 1.03 bits per heavy atom. The highest BCUT2D eigenvalue weighted by atomic mass is 16.5. The number of methoxy groups -OCH3 is 2. The number of aromatic nitrogens is 2. The molecule has 1 amide bonds. The number of amides is 1. The maximum atomic E-state index is 13.0. The lowest BCUT2D eigenvalue weighted by Gasteiger charge is -2.32. The highest BCUT2D eigenvalue weighted by Gasteiger charge is 2.27. The fourth-order valence-corrected chi connectivity index (χ4v) is 4.05. The van der Waals surface area contributed by atoms with Crippen molar-refractivity contribution in [2.75, 3.05) is 37.5 Å². The van der Waals surface area contributed by atoms with Gasteiger partial charge in [-0.15, -0.1) is 10.2 Å². The molecule has 1 unspecified atom stereocenters. The third-order valence-electron chi connectivity index (χ3n) is 5.76. The molecule has 1 atom stereocenters. The number of nitrogens with one attached hydrogen (secondary N) is 1. The Kier molecular flexibility index (Phi) is 6.54. The fraction of sp³-hybridized carbons (Fsp3) is 0.320. The van der Waals surface area contributed by atoms with Crippen molar-refractivity contribution in [3.63, 3.8) is 0 Å². The van der Waals surface area contributed by atoms with Crippen molar-refractivity contribution >= 4 is 17.4 Å². The van der Waals surface area contributed by atoms with E-state index in [0.717, 1.165) is 47.8 Å². The van der Waals surface area contributed by atoms with Gasteiger partial charge in [0, 0.05) is 18.7 Å². The molecule has 0 saturated carbocycles. The first kappa shape index (κ1) is 21.6. The molecule has 1 saturated heterocycles. The molecule has 0 aliphatic carbocycles. The van der Waals surface area contributed by atoms with E-state index < -0.39 is 0 Å². The third kappa shape index (κ3) is 4.66. The van der Waals surface area contributed by atoms with E-state index in [4.69, 9.17) is 9.47 Å². The van der Waals surface area contributed by atoms with Crippen LogP contribution in [0.1, 0.15) is 18.4 Å². The second-order valence-corrected chi connectivity index (χ2v) is 7.96. The lowest BCUT2D eigenvalue weighted by molar-refractivity contribution is -0.120. The second kappa shape index (κ2) is 9.68. The summed E-state index contributed by atoms with van der Waals surface area (Å²) in [7, 11) is 3.25. The van der Waals surface area contributed by atoms with Gasteiger partial charge in [0.2, 0.25) is 5.91 Å². The number of aryl methyl sites for hydroxylation is 1. The normalized spacial score (nSPS) is 15.8. The SMILES string of the molecule is COc1ccc(C)cc1NC(=O)C1CCCN(c2ccc(-c3ccccc3OC)nn2)C1. The van der Waals surface area contributed by atoms with Crippen LogP contribution in [0.3, 0.4) is 0 Å². The topological polar surface area (TPSA) is 76.6 Å². The van der Waals surface area contributed by atoms with E-state index in [2.05, 4.69) is 20.4 Å². The Morgan fingerprint density at radius 2 is 1.84 bits per heavy atom. The molecule has 7 nitrogen and oxygen atoms in total. The van der Waals surface area contributed by atoms with Gasteiger partial charge in [-0.25, -0.2) is 0 Å². The number of carbonyl (C=O) groups excluding carboxylic acids is 1. The number of benzene rings is 2. The van der Waals surface area contributed by atoms with Gasteiger partial charge in [0.15, 0.2) is 5.82 Å². The molecule has 0 radical (unpaired) electrons. The molecule has 1 aliphatic rings. The van der Waals surface area contributed by atoms with Crippen LogP contribution < -0.4 is 19.7 Å². The molecule has 0 spiro atoms. The number of anilines is 2. The molecule has 32 heavy (non-hydrogen) atoms. The molecule has 4 rings (SSSR count). The van der Waals surface area contributed by atoms with Crippen molar-refractivity contribution in [1.82, 2.24) is 10.2 Å². The number of rotatable bonds is 6. The smallest absolute Gasteiger partial charge is 0.229 e. The van der Waals surface area contributed by atoms with Crippen LogP contribution in [0.15, 0.2) is 54.6 Å². The number of hydrogen-bond donors (Lipinski definition) is 1. The minimum Gasteiger partial charge on any atom is -0.496 e. The minimum atomic E-state index is -0.135. The molecule has 166 valence electrons. The van der Waals surface area contributed by atoms with E-state index in [1.54, 1.807) is 14.2 Å². The highest BCUT2D eigenvalue weighted by Crippen LogP contribution is 2.30. The van der Waals surface area contributed by atoms with Gasteiger partial charge >= 0.3 is 0 Å². The van der Waals surface area contributed by atoms with E-state index in [1.165, 1.54) is 0 Å². The van der Waals surface area contributed by atoms with Gasteiger partial charge < -0.3 is 19.7 Å². The number of piperidine rings is 1. The summed E-state index contributed by atoms with van der Waals surface area (Å²) in [5, 5.41) is 11.9. The van der Waals surface area contributed by atoms with Crippen molar-refractivity contribution in [2.45, 2.75) is 19.8 Å². The zero-order valence-corrected chi connectivity index (χ0v) is 18.7. The largest absolute Gasteiger partial charge is 0.496 e. The first-order chi connectivity index (χ1) is 15.6. The summed E-state index contributed by atoms with van der Waals surface area (Å²) < 4.78 is 10.8. The molecule has 1 aromatic heterocycles. The van der Waals surface area contributed by atoms with E-state index in [9.17, 15) is 4.79 Å². The summed E-state index contributed by atoms with van der Waals surface area (Å²) in [6.07, 6.45) is 1.75. The summed E-state index contributed by atoms with van der Waals surface area (Å²) in [4.78, 5) is 15.1. The number of para-hydroxylation sites is 1. The number of nitrogens with zero attached hydrogens (tertiary/aromatic N) is 3. The van der Waals surface area contributed by atoms with Crippen LogP contribution in [0.5, 0.6) is 11.5 Å². The van der Waals surface area contributed by atoms with Crippen LogP contribution >= 0.6 is 0 Å². The van der Waals surface area contributed by atoms with Gasteiger partial charge in [-0.05, 0) is 61.7 Å². The predicted molar refractivity (Wildman–Crippen MR) is 125 cm³/mol. The van der Waals surface area contributed by atoms with Crippen LogP contribution in [0.2, 0.25) is 0 Å². The Hall–Kier alpha value is -3.61. The standard InChI is InChI=1S/C25H28N4O3/c1-17-10-12-23(32-3)21(15-17)26-25(30)18-7-6-14-29(16-18)24-13-11-20(27-28-24)19-8-4-5-9-22(19)31-2/h4-5,8-13,15,18H,6-7,14,16H2,1-3H3,(H,26,30). The van der Waals surface area contributed by atoms with Gasteiger partial charge in [-0.1, -0.05) is 18.2 Å². The summed E-state index contributed by atoms with van der Waals surface area (Å²) in [6, 6.07) is 17.4. The van der Waals surface area contributed by atoms with Crippen LogP contribution in [0.4, 0.5) is 11.5 Å². The van der Waals surface area contributed by atoms with E-state index in [0.29, 0.717) is 18.0 Å². The van der Waals surface area contributed by atoms with Crippen LogP contribution in [-0.4, -0.2) is 43.4 Å². The van der Waals surface area contributed by atoms with E-state index in [1.807, 2.05) is 61.5 Å². The van der Waals surface area contributed by atoms with Gasteiger partial charge in [0.05, 0.1) is 31.5 Å². The molecular formula is C25H28N4O3. The summed E-state index contributed by atoms with van der Waals surface area (Å²) in [5.41, 5.74) is 3.42. The molecule has 3 aromatic rings. The van der Waals surface area contributed by atoms with E-state index >= 15 is 0 Å². The maximum absolute atomic E-state index is 13.0. The molecule has 2 heterocycles. The molecule has 1 aliphatic heterocycles. The Bertz CT molecular complexity index is 1080. The van der Waals surface area contributed by atoms with Crippen molar-refractivity contribution in [3.8, 4) is 22.8 Å². The van der Waals surface area contributed by atoms with Crippen molar-refractivity contribution in [2.24, 2.45) is 5.92 Å². The molecule has 0 bridgehead atoms. The van der Waals surface area contributed by atoms with Crippen molar-refractivity contribution in [1.29, 1.82) is 0 Å². The number of hydrogen-bond acceptors (Lipinski definition) is 6. The first-order valence-corrected chi connectivity index (χ1v) is 10.8. The van der Waals surface area contributed by atoms with Crippen molar-refractivity contribution < 1.29 is 14.3 Å². The van der Waals surface area contributed by atoms with E-state index in [-0.39, 0.29) is 11.8 Å². The summed E-state index contributed by atoms with van der Waals surface area (Å²) >= 11 is 0.